The molecule has 0 aliphatic carbocycles. The van der Waals surface area contributed by atoms with Crippen LogP contribution in [0.4, 0.5) is 11.4 Å². The highest BCUT2D eigenvalue weighted by atomic mass is 16.5. The van der Waals surface area contributed by atoms with E-state index < -0.39 is 17.8 Å². The van der Waals surface area contributed by atoms with Gasteiger partial charge in [-0.2, -0.15) is 0 Å². The molecule has 5 rings (SSSR count). The fourth-order valence-electron chi connectivity index (χ4n) is 3.82. The van der Waals surface area contributed by atoms with E-state index in [2.05, 4.69) is 10.3 Å². The number of esters is 1. The van der Waals surface area contributed by atoms with Crippen molar-refractivity contribution in [3.05, 3.63) is 102 Å². The monoisotopic (exact) mass is 481 g/mol. The maximum Gasteiger partial charge on any atom is 0.338 e. The third kappa shape index (κ3) is 4.37. The highest BCUT2D eigenvalue weighted by molar-refractivity contribution is 6.34. The standard InChI is InChI=1S/C27H19N3O6/c1-16(31)29-19-8-10-20(11-9-19)30-25(32)21-12-7-18(13-22(21)26(30)33)27(34)35-15-24-28-14-23(36-24)17-5-3-2-4-6-17/h2-14H,15H2,1H3,(H,29,31). The van der Waals surface area contributed by atoms with Crippen molar-refractivity contribution >= 4 is 35.1 Å². The lowest BCUT2D eigenvalue weighted by atomic mass is 10.1. The minimum absolute atomic E-state index is 0.0999. The molecule has 1 aromatic heterocycles. The van der Waals surface area contributed by atoms with Crippen LogP contribution in [0.2, 0.25) is 0 Å². The Hall–Kier alpha value is -5.05. The molecule has 0 saturated heterocycles. The number of oxazole rings is 1. The zero-order chi connectivity index (χ0) is 25.2. The molecular weight excluding hydrogens is 462 g/mol. The van der Waals surface area contributed by atoms with Gasteiger partial charge in [-0.1, -0.05) is 30.3 Å². The van der Waals surface area contributed by atoms with Crippen LogP contribution >= 0.6 is 0 Å². The molecule has 36 heavy (non-hydrogen) atoms. The van der Waals surface area contributed by atoms with Crippen molar-refractivity contribution < 1.29 is 28.3 Å². The molecular formula is C27H19N3O6. The topological polar surface area (TPSA) is 119 Å². The minimum Gasteiger partial charge on any atom is -0.452 e. The molecule has 178 valence electrons. The van der Waals surface area contributed by atoms with Crippen LogP contribution in [0, 0.1) is 0 Å². The number of carbonyl (C=O) groups excluding carboxylic acids is 4. The van der Waals surface area contributed by atoms with Crippen molar-refractivity contribution in [1.29, 1.82) is 0 Å². The summed E-state index contributed by atoms with van der Waals surface area (Å²) in [4.78, 5) is 54.9. The Bertz CT molecular complexity index is 1490. The molecule has 3 aromatic carbocycles. The van der Waals surface area contributed by atoms with Crippen molar-refractivity contribution in [2.75, 3.05) is 10.2 Å². The second-order valence-electron chi connectivity index (χ2n) is 7.99. The van der Waals surface area contributed by atoms with Gasteiger partial charge in [0.2, 0.25) is 11.8 Å². The highest BCUT2D eigenvalue weighted by Gasteiger charge is 2.37. The van der Waals surface area contributed by atoms with Gasteiger partial charge in [0.15, 0.2) is 12.4 Å². The van der Waals surface area contributed by atoms with Crippen molar-refractivity contribution in [3.63, 3.8) is 0 Å². The number of ether oxygens (including phenoxy) is 1. The molecule has 9 nitrogen and oxygen atoms in total. The molecule has 0 fully saturated rings. The van der Waals surface area contributed by atoms with Crippen LogP contribution in [0.15, 0.2) is 83.4 Å². The van der Waals surface area contributed by atoms with Gasteiger partial charge in [0, 0.05) is 18.2 Å². The Morgan fingerprint density at radius 2 is 1.67 bits per heavy atom. The molecule has 1 aliphatic heterocycles. The number of benzene rings is 3. The van der Waals surface area contributed by atoms with E-state index in [9.17, 15) is 19.2 Å². The van der Waals surface area contributed by atoms with Crippen LogP contribution in [0.1, 0.15) is 43.9 Å². The molecule has 0 atom stereocenters. The van der Waals surface area contributed by atoms with Gasteiger partial charge in [0.25, 0.3) is 11.8 Å². The van der Waals surface area contributed by atoms with Gasteiger partial charge in [-0.25, -0.2) is 14.7 Å². The summed E-state index contributed by atoms with van der Waals surface area (Å²) < 4.78 is 10.9. The average molecular weight is 481 g/mol. The molecule has 1 N–H and O–H groups in total. The van der Waals surface area contributed by atoms with Crippen molar-refractivity contribution in [2.45, 2.75) is 13.5 Å². The van der Waals surface area contributed by atoms with Crippen LogP contribution in [0.3, 0.4) is 0 Å². The lowest BCUT2D eigenvalue weighted by Gasteiger charge is -2.14. The van der Waals surface area contributed by atoms with E-state index in [0.717, 1.165) is 10.5 Å². The summed E-state index contributed by atoms with van der Waals surface area (Å²) in [7, 11) is 0. The van der Waals surface area contributed by atoms with E-state index in [4.69, 9.17) is 9.15 Å². The number of amides is 3. The molecule has 9 heteroatoms. The maximum atomic E-state index is 13.0. The van der Waals surface area contributed by atoms with Gasteiger partial charge in [0.1, 0.15) is 0 Å². The zero-order valence-corrected chi connectivity index (χ0v) is 19.1. The second kappa shape index (κ2) is 9.30. The molecule has 2 heterocycles. The van der Waals surface area contributed by atoms with Gasteiger partial charge in [0.05, 0.1) is 28.6 Å². The van der Waals surface area contributed by atoms with E-state index in [1.807, 2.05) is 30.3 Å². The SMILES string of the molecule is CC(=O)Nc1ccc(N2C(=O)c3ccc(C(=O)OCc4ncc(-c5ccccc5)o4)cc3C2=O)cc1. The predicted molar refractivity (Wildman–Crippen MR) is 129 cm³/mol. The third-order valence-electron chi connectivity index (χ3n) is 5.51. The first-order valence-corrected chi connectivity index (χ1v) is 11.0. The summed E-state index contributed by atoms with van der Waals surface area (Å²) in [6.45, 7) is 1.19. The van der Waals surface area contributed by atoms with Gasteiger partial charge in [-0.05, 0) is 42.5 Å². The van der Waals surface area contributed by atoms with Crippen LogP contribution in [-0.4, -0.2) is 28.7 Å². The molecule has 0 radical (unpaired) electrons. The number of aromatic nitrogens is 1. The number of anilines is 2. The van der Waals surface area contributed by atoms with E-state index in [-0.39, 0.29) is 35.1 Å². The lowest BCUT2D eigenvalue weighted by Crippen LogP contribution is -2.29. The first kappa shape index (κ1) is 22.7. The number of imide groups is 1. The largest absolute Gasteiger partial charge is 0.452 e. The fourth-order valence-corrected chi connectivity index (χ4v) is 3.82. The van der Waals surface area contributed by atoms with Gasteiger partial charge >= 0.3 is 5.97 Å². The van der Waals surface area contributed by atoms with Gasteiger partial charge in [-0.3, -0.25) is 14.4 Å². The number of nitrogens with one attached hydrogen (secondary N) is 1. The first-order chi connectivity index (χ1) is 17.4. The lowest BCUT2D eigenvalue weighted by molar-refractivity contribution is -0.114. The molecule has 0 bridgehead atoms. The van der Waals surface area contributed by atoms with E-state index in [1.165, 1.54) is 25.1 Å². The maximum absolute atomic E-state index is 13.0. The van der Waals surface area contributed by atoms with E-state index in [0.29, 0.717) is 17.1 Å². The number of hydrogen-bond acceptors (Lipinski definition) is 7. The summed E-state index contributed by atoms with van der Waals surface area (Å²) in [5.74, 6) is -1.21. The van der Waals surface area contributed by atoms with Crippen LogP contribution in [0.5, 0.6) is 0 Å². The Kier molecular flexibility index (Phi) is 5.87. The quantitative estimate of drug-likeness (QED) is 0.319. The highest BCUT2D eigenvalue weighted by Crippen LogP contribution is 2.30. The number of nitrogens with zero attached hydrogens (tertiary/aromatic N) is 2. The molecule has 4 aromatic rings. The van der Waals surface area contributed by atoms with E-state index >= 15 is 0 Å². The van der Waals surface area contributed by atoms with Crippen LogP contribution in [0.25, 0.3) is 11.3 Å². The number of hydrogen-bond donors (Lipinski definition) is 1. The fraction of sp³-hybridized carbons (Fsp3) is 0.0741. The Balaban J connectivity index is 1.29. The van der Waals surface area contributed by atoms with Gasteiger partial charge in [-0.15, -0.1) is 0 Å². The molecule has 1 aliphatic rings. The summed E-state index contributed by atoms with van der Waals surface area (Å²) in [5, 5.41) is 2.63. The Labute approximate surface area is 205 Å². The van der Waals surface area contributed by atoms with Crippen molar-refractivity contribution in [2.24, 2.45) is 0 Å². The summed E-state index contributed by atoms with van der Waals surface area (Å²) in [6, 6.07) is 19.9. The minimum atomic E-state index is -0.685. The number of rotatable bonds is 6. The summed E-state index contributed by atoms with van der Waals surface area (Å²) in [5.41, 5.74) is 2.13. The summed E-state index contributed by atoms with van der Waals surface area (Å²) in [6.07, 6.45) is 1.55. The van der Waals surface area contributed by atoms with Gasteiger partial charge < -0.3 is 14.5 Å². The summed E-state index contributed by atoms with van der Waals surface area (Å²) >= 11 is 0. The van der Waals surface area contributed by atoms with E-state index in [1.54, 1.807) is 30.5 Å². The zero-order valence-electron chi connectivity index (χ0n) is 19.1. The predicted octanol–water partition coefficient (Wildman–Crippen LogP) is 4.46. The smallest absolute Gasteiger partial charge is 0.338 e. The molecule has 0 unspecified atom stereocenters. The van der Waals surface area contributed by atoms with Crippen molar-refractivity contribution in [3.8, 4) is 11.3 Å². The molecule has 0 saturated carbocycles. The average Bonchev–Trinajstić information content (AvgIpc) is 3.46. The van der Waals surface area contributed by atoms with Crippen LogP contribution < -0.4 is 10.2 Å². The number of carbonyl (C=O) groups is 4. The first-order valence-electron chi connectivity index (χ1n) is 11.0. The van der Waals surface area contributed by atoms with Crippen LogP contribution in [-0.2, 0) is 16.1 Å². The van der Waals surface area contributed by atoms with Crippen molar-refractivity contribution in [1.82, 2.24) is 4.98 Å². The number of fused-ring (bicyclic) bond motifs is 1. The second-order valence-corrected chi connectivity index (χ2v) is 7.99. The Morgan fingerprint density at radius 3 is 2.39 bits per heavy atom. The molecule has 0 spiro atoms. The molecule has 3 amide bonds. The Morgan fingerprint density at radius 1 is 0.944 bits per heavy atom. The normalized spacial score (nSPS) is 12.4. The third-order valence-corrected chi connectivity index (χ3v) is 5.51.